The highest BCUT2D eigenvalue weighted by Gasteiger charge is 2.15. The molecular formula is C30H44O2. The second-order valence-corrected chi connectivity index (χ2v) is 9.52. The molecule has 0 fully saturated rings. The Balaban J connectivity index is 4.71. The Morgan fingerprint density at radius 3 is 1.81 bits per heavy atom. The van der Waals surface area contributed by atoms with E-state index in [0.717, 1.165) is 32.1 Å². The monoisotopic (exact) mass is 436 g/mol. The van der Waals surface area contributed by atoms with E-state index >= 15 is 0 Å². The highest BCUT2D eigenvalue weighted by molar-refractivity contribution is 5.35. The number of allylic oxidation sites excluding steroid dienone is 9. The molecule has 0 aliphatic rings. The van der Waals surface area contributed by atoms with Crippen LogP contribution in [-0.2, 0) is 0 Å². The summed E-state index contributed by atoms with van der Waals surface area (Å²) in [4.78, 5) is 0. The van der Waals surface area contributed by atoms with Crippen LogP contribution in [0, 0.1) is 23.7 Å². The Morgan fingerprint density at radius 2 is 1.25 bits per heavy atom. The van der Waals surface area contributed by atoms with Crippen LogP contribution in [0.1, 0.15) is 93.9 Å². The molecular weight excluding hydrogens is 392 g/mol. The fraction of sp³-hybridized carbons (Fsp3) is 0.533. The maximum Gasteiger partial charge on any atom is 0.142 e. The first kappa shape index (κ1) is 29.7. The van der Waals surface area contributed by atoms with Crippen LogP contribution in [0.15, 0.2) is 58.7 Å². The van der Waals surface area contributed by atoms with Gasteiger partial charge < -0.3 is 10.2 Å². The standard InChI is InChI=1S/C30H44O2/c1-25(2)15-11-17-27(5)19-13-23-29(7,31)21-9-10-22-30(8,32)24-14-20-28(6)18-12-16-26(3)4/h13,15-16,19-20,23,31-32H,11-12,14,17-18,24H2,1-8H3. The summed E-state index contributed by atoms with van der Waals surface area (Å²) in [6.45, 7) is 16.0. The normalized spacial score (nSPS) is 15.6. The van der Waals surface area contributed by atoms with Crippen molar-refractivity contribution in [2.75, 3.05) is 0 Å². The third-order valence-electron chi connectivity index (χ3n) is 4.82. The van der Waals surface area contributed by atoms with Crippen molar-refractivity contribution >= 4 is 0 Å². The molecule has 0 radical (unpaired) electrons. The van der Waals surface area contributed by atoms with Gasteiger partial charge in [-0.25, -0.2) is 0 Å². The van der Waals surface area contributed by atoms with Crippen molar-refractivity contribution < 1.29 is 10.2 Å². The maximum absolute atomic E-state index is 10.4. The minimum Gasteiger partial charge on any atom is -0.378 e. The number of rotatable bonds is 11. The molecule has 176 valence electrons. The molecule has 0 bridgehead atoms. The van der Waals surface area contributed by atoms with Gasteiger partial charge >= 0.3 is 0 Å². The van der Waals surface area contributed by atoms with E-state index in [-0.39, 0.29) is 0 Å². The Hall–Kier alpha value is -2.26. The van der Waals surface area contributed by atoms with Crippen molar-refractivity contribution in [1.29, 1.82) is 0 Å². The van der Waals surface area contributed by atoms with Crippen LogP contribution in [0.2, 0.25) is 0 Å². The fourth-order valence-electron chi connectivity index (χ4n) is 2.79. The molecule has 0 aromatic rings. The minimum atomic E-state index is -1.26. The van der Waals surface area contributed by atoms with E-state index in [4.69, 9.17) is 0 Å². The predicted molar refractivity (Wildman–Crippen MR) is 140 cm³/mol. The van der Waals surface area contributed by atoms with Crippen LogP contribution in [-0.4, -0.2) is 21.4 Å². The molecule has 0 spiro atoms. The summed E-state index contributed by atoms with van der Waals surface area (Å²) >= 11 is 0. The Labute approximate surface area is 197 Å². The van der Waals surface area contributed by atoms with Gasteiger partial charge in [0, 0.05) is 0 Å². The average molecular weight is 437 g/mol. The summed E-state index contributed by atoms with van der Waals surface area (Å²) in [5.41, 5.74) is 2.89. The van der Waals surface area contributed by atoms with Crippen LogP contribution in [0.3, 0.4) is 0 Å². The first-order valence-corrected chi connectivity index (χ1v) is 11.6. The van der Waals surface area contributed by atoms with Gasteiger partial charge in [0.05, 0.1) is 0 Å². The molecule has 2 unspecified atom stereocenters. The van der Waals surface area contributed by atoms with Crippen LogP contribution >= 0.6 is 0 Å². The SMILES string of the molecule is CC(C)=CCCC(C)=CC=CC(C)(O)C#CC#CC(C)(O)CCC=C(C)CCC=C(C)C. The van der Waals surface area contributed by atoms with E-state index in [1.54, 1.807) is 19.9 Å². The van der Waals surface area contributed by atoms with Crippen LogP contribution in [0.4, 0.5) is 0 Å². The van der Waals surface area contributed by atoms with Crippen LogP contribution in [0.5, 0.6) is 0 Å². The smallest absolute Gasteiger partial charge is 0.142 e. The zero-order valence-corrected chi connectivity index (χ0v) is 21.6. The van der Waals surface area contributed by atoms with Gasteiger partial charge in [0.15, 0.2) is 0 Å². The lowest BCUT2D eigenvalue weighted by Gasteiger charge is -2.14. The highest BCUT2D eigenvalue weighted by atomic mass is 16.3. The number of hydrogen-bond acceptors (Lipinski definition) is 2. The van der Waals surface area contributed by atoms with E-state index in [2.05, 4.69) is 83.5 Å². The van der Waals surface area contributed by atoms with Crippen molar-refractivity contribution in [3.8, 4) is 23.7 Å². The van der Waals surface area contributed by atoms with Gasteiger partial charge in [0.25, 0.3) is 0 Å². The summed E-state index contributed by atoms with van der Waals surface area (Å²) in [6, 6.07) is 0. The lowest BCUT2D eigenvalue weighted by molar-refractivity contribution is 0.113. The van der Waals surface area contributed by atoms with Gasteiger partial charge in [-0.3, -0.25) is 0 Å². The van der Waals surface area contributed by atoms with Crippen LogP contribution < -0.4 is 0 Å². The molecule has 0 saturated carbocycles. The summed E-state index contributed by atoms with van der Waals surface area (Å²) in [5, 5.41) is 20.8. The molecule has 32 heavy (non-hydrogen) atoms. The van der Waals surface area contributed by atoms with Gasteiger partial charge in [-0.15, -0.1) is 0 Å². The van der Waals surface area contributed by atoms with Gasteiger partial charge in [-0.2, -0.15) is 0 Å². The first-order chi connectivity index (χ1) is 14.8. The third kappa shape index (κ3) is 18.5. The molecule has 0 amide bonds. The summed E-state index contributed by atoms with van der Waals surface area (Å²) in [5.74, 6) is 10.9. The molecule has 2 nitrogen and oxygen atoms in total. The van der Waals surface area contributed by atoms with Crippen molar-refractivity contribution in [3.63, 3.8) is 0 Å². The summed E-state index contributed by atoms with van der Waals surface area (Å²) in [6.07, 6.45) is 17.6. The summed E-state index contributed by atoms with van der Waals surface area (Å²) < 4.78 is 0. The van der Waals surface area contributed by atoms with Gasteiger partial charge in [0.2, 0.25) is 0 Å². The molecule has 0 heterocycles. The topological polar surface area (TPSA) is 40.5 Å². The molecule has 2 heteroatoms. The van der Waals surface area contributed by atoms with E-state index in [1.807, 2.05) is 12.2 Å². The molecule has 0 rings (SSSR count). The third-order valence-corrected chi connectivity index (χ3v) is 4.82. The molecule has 0 aromatic heterocycles. The van der Waals surface area contributed by atoms with E-state index in [0.29, 0.717) is 6.42 Å². The fourth-order valence-corrected chi connectivity index (χ4v) is 2.79. The number of hydrogen-bond donors (Lipinski definition) is 2. The highest BCUT2D eigenvalue weighted by Crippen LogP contribution is 2.14. The van der Waals surface area contributed by atoms with Gasteiger partial charge in [0.1, 0.15) is 11.2 Å². The van der Waals surface area contributed by atoms with Gasteiger partial charge in [-0.1, -0.05) is 64.5 Å². The molecule has 0 saturated heterocycles. The Morgan fingerprint density at radius 1 is 0.719 bits per heavy atom. The Bertz CT molecular complexity index is 842. The minimum absolute atomic E-state index is 0.550. The van der Waals surface area contributed by atoms with Gasteiger partial charge in [-0.05, 0) is 112 Å². The van der Waals surface area contributed by atoms with Crippen molar-refractivity contribution in [1.82, 2.24) is 0 Å². The second-order valence-electron chi connectivity index (χ2n) is 9.52. The van der Waals surface area contributed by atoms with E-state index in [1.165, 1.54) is 22.3 Å². The predicted octanol–water partition coefficient (Wildman–Crippen LogP) is 7.22. The first-order valence-electron chi connectivity index (χ1n) is 11.6. The van der Waals surface area contributed by atoms with Crippen molar-refractivity contribution in [2.24, 2.45) is 0 Å². The summed E-state index contributed by atoms with van der Waals surface area (Å²) in [7, 11) is 0. The van der Waals surface area contributed by atoms with Crippen molar-refractivity contribution in [2.45, 2.75) is 105 Å². The zero-order valence-electron chi connectivity index (χ0n) is 21.6. The van der Waals surface area contributed by atoms with Crippen molar-refractivity contribution in [3.05, 3.63) is 58.7 Å². The molecule has 2 N–H and O–H groups in total. The molecule has 0 aliphatic carbocycles. The van der Waals surface area contributed by atoms with E-state index in [9.17, 15) is 10.2 Å². The molecule has 2 atom stereocenters. The average Bonchev–Trinajstić information content (AvgIpc) is 2.64. The largest absolute Gasteiger partial charge is 0.378 e. The Kier molecular flexibility index (Phi) is 14.4. The maximum atomic E-state index is 10.4. The number of aliphatic hydroxyl groups is 2. The second kappa shape index (κ2) is 15.5. The molecule has 0 aromatic carbocycles. The quantitative estimate of drug-likeness (QED) is 0.204. The molecule has 0 aliphatic heterocycles. The lowest BCUT2D eigenvalue weighted by atomic mass is 9.99. The zero-order chi connectivity index (χ0) is 24.6. The van der Waals surface area contributed by atoms with E-state index < -0.39 is 11.2 Å². The lowest BCUT2D eigenvalue weighted by Crippen LogP contribution is -2.21. The van der Waals surface area contributed by atoms with Crippen LogP contribution in [0.25, 0.3) is 0 Å².